The Balaban J connectivity index is 1.66. The first kappa shape index (κ1) is 16.2. The lowest BCUT2D eigenvalue weighted by Gasteiger charge is -2.14. The third-order valence-electron chi connectivity index (χ3n) is 4.01. The number of pyridine rings is 1. The predicted octanol–water partition coefficient (Wildman–Crippen LogP) is 3.08. The number of fused-ring (bicyclic) bond motifs is 1. The molecule has 6 nitrogen and oxygen atoms in total. The van der Waals surface area contributed by atoms with Gasteiger partial charge in [-0.1, -0.05) is 18.2 Å². The summed E-state index contributed by atoms with van der Waals surface area (Å²) < 4.78 is 15.7. The highest BCUT2D eigenvalue weighted by molar-refractivity contribution is 5.66. The lowest BCUT2D eigenvalue weighted by atomic mass is 10.1. The van der Waals surface area contributed by atoms with Gasteiger partial charge in [-0.15, -0.1) is 0 Å². The molecular formula is C19H16FN5O. The lowest BCUT2D eigenvalue weighted by Crippen LogP contribution is -2.15. The Kier molecular flexibility index (Phi) is 4.28. The molecule has 0 saturated heterocycles. The van der Waals surface area contributed by atoms with E-state index in [-0.39, 0.29) is 12.4 Å². The summed E-state index contributed by atoms with van der Waals surface area (Å²) >= 11 is 0. The van der Waals surface area contributed by atoms with E-state index in [0.29, 0.717) is 28.4 Å². The van der Waals surface area contributed by atoms with Gasteiger partial charge in [-0.25, -0.2) is 9.37 Å². The van der Waals surface area contributed by atoms with Crippen LogP contribution in [0.1, 0.15) is 11.8 Å². The summed E-state index contributed by atoms with van der Waals surface area (Å²) in [6.45, 7) is 0.229. The number of aromatic nitrogens is 4. The van der Waals surface area contributed by atoms with Gasteiger partial charge >= 0.3 is 0 Å². The molecule has 1 aromatic carbocycles. The Labute approximate surface area is 149 Å². The third-order valence-corrected chi connectivity index (χ3v) is 4.01. The average molecular weight is 349 g/mol. The van der Waals surface area contributed by atoms with Gasteiger partial charge in [0.1, 0.15) is 17.7 Å². The van der Waals surface area contributed by atoms with Crippen molar-refractivity contribution in [2.45, 2.75) is 6.10 Å². The minimum absolute atomic E-state index is 0.229. The van der Waals surface area contributed by atoms with Gasteiger partial charge in [0.2, 0.25) is 0 Å². The van der Waals surface area contributed by atoms with Crippen LogP contribution in [0, 0.1) is 5.82 Å². The molecule has 3 aromatic heterocycles. The Morgan fingerprint density at radius 3 is 2.73 bits per heavy atom. The van der Waals surface area contributed by atoms with Crippen molar-refractivity contribution >= 4 is 11.5 Å². The van der Waals surface area contributed by atoms with E-state index in [1.165, 1.54) is 6.07 Å². The zero-order valence-electron chi connectivity index (χ0n) is 13.7. The van der Waals surface area contributed by atoms with Crippen LogP contribution in [0.25, 0.3) is 16.9 Å². The molecule has 0 bridgehead atoms. The zero-order chi connectivity index (χ0) is 17.9. The molecule has 0 aliphatic heterocycles. The van der Waals surface area contributed by atoms with Crippen molar-refractivity contribution in [2.24, 2.45) is 0 Å². The number of anilines is 1. The first-order valence-corrected chi connectivity index (χ1v) is 8.15. The van der Waals surface area contributed by atoms with E-state index in [1.807, 2.05) is 6.07 Å². The molecule has 4 aromatic rings. The van der Waals surface area contributed by atoms with Crippen LogP contribution in [-0.4, -0.2) is 31.2 Å². The molecule has 130 valence electrons. The number of benzene rings is 1. The number of nitrogens with zero attached hydrogens (tertiary/aromatic N) is 4. The molecule has 2 N–H and O–H groups in total. The quantitative estimate of drug-likeness (QED) is 0.579. The Bertz CT molecular complexity index is 1030. The fourth-order valence-corrected chi connectivity index (χ4v) is 2.72. The predicted molar refractivity (Wildman–Crippen MR) is 96.1 cm³/mol. The second-order valence-corrected chi connectivity index (χ2v) is 5.76. The van der Waals surface area contributed by atoms with Crippen LogP contribution >= 0.6 is 0 Å². The Morgan fingerprint density at radius 2 is 1.92 bits per heavy atom. The van der Waals surface area contributed by atoms with Gasteiger partial charge in [-0.3, -0.25) is 4.98 Å². The minimum atomic E-state index is -0.785. The van der Waals surface area contributed by atoms with E-state index < -0.39 is 6.10 Å². The van der Waals surface area contributed by atoms with Gasteiger partial charge in [-0.05, 0) is 24.3 Å². The van der Waals surface area contributed by atoms with Gasteiger partial charge in [0, 0.05) is 30.4 Å². The van der Waals surface area contributed by atoms with Crippen LogP contribution in [-0.2, 0) is 0 Å². The maximum Gasteiger partial charge on any atom is 0.157 e. The summed E-state index contributed by atoms with van der Waals surface area (Å²) in [5, 5.41) is 17.7. The average Bonchev–Trinajstić information content (AvgIpc) is 3.15. The highest BCUT2D eigenvalue weighted by Crippen LogP contribution is 2.25. The van der Waals surface area contributed by atoms with E-state index in [1.54, 1.807) is 59.4 Å². The van der Waals surface area contributed by atoms with Gasteiger partial charge < -0.3 is 10.4 Å². The summed E-state index contributed by atoms with van der Waals surface area (Å²) in [4.78, 5) is 8.60. The number of halogens is 1. The fraction of sp³-hybridized carbons (Fsp3) is 0.105. The normalized spacial score (nSPS) is 12.2. The maximum absolute atomic E-state index is 14.1. The van der Waals surface area contributed by atoms with Crippen LogP contribution in [0.3, 0.4) is 0 Å². The molecule has 0 radical (unpaired) electrons. The van der Waals surface area contributed by atoms with E-state index in [9.17, 15) is 9.50 Å². The summed E-state index contributed by atoms with van der Waals surface area (Å²) in [5.74, 6) is 0.261. The number of aliphatic hydroxyl groups is 1. The molecule has 0 aliphatic carbocycles. The first-order valence-electron chi connectivity index (χ1n) is 8.15. The van der Waals surface area contributed by atoms with Gasteiger partial charge in [0.05, 0.1) is 17.6 Å². The van der Waals surface area contributed by atoms with Crippen LogP contribution < -0.4 is 5.32 Å². The van der Waals surface area contributed by atoms with Crippen LogP contribution in [0.5, 0.6) is 0 Å². The van der Waals surface area contributed by atoms with E-state index >= 15 is 0 Å². The SMILES string of the molecule is OC(CNc1cc(-c2ccccc2F)nc2ccnn12)c1ccccn1. The topological polar surface area (TPSA) is 75.3 Å². The van der Waals surface area contributed by atoms with Crippen molar-refractivity contribution in [3.05, 3.63) is 78.5 Å². The van der Waals surface area contributed by atoms with E-state index in [4.69, 9.17) is 0 Å². The van der Waals surface area contributed by atoms with Gasteiger partial charge in [-0.2, -0.15) is 9.61 Å². The molecule has 0 saturated carbocycles. The molecule has 4 rings (SSSR count). The number of aliphatic hydroxyl groups excluding tert-OH is 1. The molecule has 7 heteroatoms. The van der Waals surface area contributed by atoms with Crippen molar-refractivity contribution in [3.8, 4) is 11.3 Å². The number of nitrogens with one attached hydrogen (secondary N) is 1. The molecule has 0 spiro atoms. The summed E-state index contributed by atoms with van der Waals surface area (Å²) in [5.41, 5.74) is 2.05. The van der Waals surface area contributed by atoms with Crippen molar-refractivity contribution in [1.82, 2.24) is 19.6 Å². The molecule has 1 atom stereocenters. The number of rotatable bonds is 5. The summed E-state index contributed by atoms with van der Waals surface area (Å²) in [6, 6.07) is 15.3. The number of hydrogen-bond acceptors (Lipinski definition) is 5. The lowest BCUT2D eigenvalue weighted by molar-refractivity contribution is 0.186. The van der Waals surface area contributed by atoms with Gasteiger partial charge in [0.15, 0.2) is 5.65 Å². The zero-order valence-corrected chi connectivity index (χ0v) is 13.7. The molecular weight excluding hydrogens is 333 g/mol. The van der Waals surface area contributed by atoms with Gasteiger partial charge in [0.25, 0.3) is 0 Å². The molecule has 3 heterocycles. The highest BCUT2D eigenvalue weighted by Gasteiger charge is 2.13. The Morgan fingerprint density at radius 1 is 1.08 bits per heavy atom. The number of hydrogen-bond donors (Lipinski definition) is 2. The van der Waals surface area contributed by atoms with E-state index in [2.05, 4.69) is 20.4 Å². The van der Waals surface area contributed by atoms with Crippen molar-refractivity contribution < 1.29 is 9.50 Å². The van der Waals surface area contributed by atoms with Crippen LogP contribution in [0.4, 0.5) is 10.2 Å². The smallest absolute Gasteiger partial charge is 0.157 e. The Hall–Kier alpha value is -3.32. The van der Waals surface area contributed by atoms with Crippen LogP contribution in [0.15, 0.2) is 67.0 Å². The highest BCUT2D eigenvalue weighted by atomic mass is 19.1. The fourth-order valence-electron chi connectivity index (χ4n) is 2.72. The summed E-state index contributed by atoms with van der Waals surface area (Å²) in [6.07, 6.45) is 2.47. The largest absolute Gasteiger partial charge is 0.385 e. The van der Waals surface area contributed by atoms with Crippen molar-refractivity contribution in [3.63, 3.8) is 0 Å². The summed E-state index contributed by atoms with van der Waals surface area (Å²) in [7, 11) is 0. The second kappa shape index (κ2) is 6.89. The maximum atomic E-state index is 14.1. The van der Waals surface area contributed by atoms with Crippen molar-refractivity contribution in [1.29, 1.82) is 0 Å². The first-order chi connectivity index (χ1) is 12.7. The second-order valence-electron chi connectivity index (χ2n) is 5.76. The molecule has 26 heavy (non-hydrogen) atoms. The molecule has 0 amide bonds. The molecule has 0 aliphatic rings. The molecule has 0 fully saturated rings. The monoisotopic (exact) mass is 349 g/mol. The molecule has 1 unspecified atom stereocenters. The van der Waals surface area contributed by atoms with Crippen molar-refractivity contribution in [2.75, 3.05) is 11.9 Å². The van der Waals surface area contributed by atoms with E-state index in [0.717, 1.165) is 0 Å². The standard InChI is InChI=1S/C19H16FN5O/c20-14-6-2-1-5-13(14)16-11-19(25-18(24-16)8-10-23-25)22-12-17(26)15-7-3-4-9-21-15/h1-11,17,22,26H,12H2. The minimum Gasteiger partial charge on any atom is -0.385 e. The van der Waals surface area contributed by atoms with Crippen LogP contribution in [0.2, 0.25) is 0 Å². The third kappa shape index (κ3) is 3.12.